The molecule has 2 N–H and O–H groups in total. The average molecular weight is 179 g/mol. The van der Waals surface area contributed by atoms with Crippen LogP contribution in [0.25, 0.3) is 0 Å². The number of nitriles is 2. The van der Waals surface area contributed by atoms with E-state index in [1.54, 1.807) is 0 Å². The van der Waals surface area contributed by atoms with Crippen LogP contribution in [0.5, 0.6) is 0 Å². The largest absolute Gasteiger partial charge is 0.329 e. The van der Waals surface area contributed by atoms with Gasteiger partial charge in [0.05, 0.1) is 18.1 Å². The molecule has 0 aromatic heterocycles. The highest BCUT2D eigenvalue weighted by Gasteiger charge is 2.02. The van der Waals surface area contributed by atoms with Crippen LogP contribution in [-0.2, 0) is 0 Å². The van der Waals surface area contributed by atoms with E-state index in [2.05, 4.69) is 12.1 Å². The summed E-state index contributed by atoms with van der Waals surface area (Å²) in [6.45, 7) is 0.467. The zero-order valence-corrected chi connectivity index (χ0v) is 8.00. The van der Waals surface area contributed by atoms with Gasteiger partial charge in [-0.3, -0.25) is 0 Å². The van der Waals surface area contributed by atoms with Crippen molar-refractivity contribution >= 4 is 0 Å². The lowest BCUT2D eigenvalue weighted by molar-refractivity contribution is 0.541. The van der Waals surface area contributed by atoms with E-state index in [1.165, 1.54) is 0 Å². The molecule has 0 spiro atoms. The summed E-state index contributed by atoms with van der Waals surface area (Å²) in [5.74, 6) is 0.0240. The SMILES string of the molecule is N#CCCCCCCC(C#N)CN. The third kappa shape index (κ3) is 7.31. The van der Waals surface area contributed by atoms with Gasteiger partial charge >= 0.3 is 0 Å². The first-order valence-corrected chi connectivity index (χ1v) is 4.81. The van der Waals surface area contributed by atoms with Crippen LogP contribution in [0.1, 0.15) is 38.5 Å². The maximum atomic E-state index is 8.59. The van der Waals surface area contributed by atoms with Crippen molar-refractivity contribution in [1.29, 1.82) is 10.5 Å². The molecule has 3 heteroatoms. The number of hydrogen-bond donors (Lipinski definition) is 1. The summed E-state index contributed by atoms with van der Waals surface area (Å²) in [5.41, 5.74) is 5.38. The molecule has 72 valence electrons. The molecule has 0 aromatic carbocycles. The van der Waals surface area contributed by atoms with E-state index in [0.29, 0.717) is 13.0 Å². The average Bonchev–Trinajstić information content (AvgIpc) is 2.17. The van der Waals surface area contributed by atoms with Gasteiger partial charge in [-0.25, -0.2) is 0 Å². The summed E-state index contributed by atoms with van der Waals surface area (Å²) >= 11 is 0. The number of rotatable bonds is 7. The number of nitrogens with two attached hydrogens (primary N) is 1. The predicted molar refractivity (Wildman–Crippen MR) is 51.5 cm³/mol. The second-order valence-corrected chi connectivity index (χ2v) is 3.17. The van der Waals surface area contributed by atoms with Crippen LogP contribution in [0, 0.1) is 28.6 Å². The van der Waals surface area contributed by atoms with Crippen molar-refractivity contribution in [2.24, 2.45) is 11.7 Å². The normalized spacial score (nSPS) is 11.6. The lowest BCUT2D eigenvalue weighted by Gasteiger charge is -2.04. The topological polar surface area (TPSA) is 73.6 Å². The summed E-state index contributed by atoms with van der Waals surface area (Å²) < 4.78 is 0. The Kier molecular flexibility index (Phi) is 8.30. The van der Waals surface area contributed by atoms with Crippen LogP contribution in [0.15, 0.2) is 0 Å². The molecule has 0 amide bonds. The monoisotopic (exact) mass is 179 g/mol. The molecule has 0 aliphatic carbocycles. The van der Waals surface area contributed by atoms with Gasteiger partial charge in [0.1, 0.15) is 0 Å². The summed E-state index contributed by atoms with van der Waals surface area (Å²) in [6.07, 6.45) is 5.80. The van der Waals surface area contributed by atoms with Crippen molar-refractivity contribution in [3.8, 4) is 12.1 Å². The summed E-state index contributed by atoms with van der Waals surface area (Å²) in [4.78, 5) is 0. The second-order valence-electron chi connectivity index (χ2n) is 3.17. The standard InChI is InChI=1S/C10H17N3/c11-7-5-3-1-2-4-6-10(8-12)9-13/h10H,1-6,8,12H2. The highest BCUT2D eigenvalue weighted by Crippen LogP contribution is 2.09. The van der Waals surface area contributed by atoms with E-state index in [1.807, 2.05) is 0 Å². The minimum absolute atomic E-state index is 0.0240. The molecule has 0 aliphatic heterocycles. The van der Waals surface area contributed by atoms with Gasteiger partial charge in [0, 0.05) is 13.0 Å². The Labute approximate surface area is 80.1 Å². The fourth-order valence-corrected chi connectivity index (χ4v) is 1.18. The summed E-state index contributed by atoms with van der Waals surface area (Å²) in [5, 5.41) is 16.9. The second kappa shape index (κ2) is 9.03. The minimum Gasteiger partial charge on any atom is -0.329 e. The molecule has 0 rings (SSSR count). The molecule has 0 heterocycles. The first-order chi connectivity index (χ1) is 6.35. The minimum atomic E-state index is 0.0240. The van der Waals surface area contributed by atoms with Gasteiger partial charge in [-0.2, -0.15) is 10.5 Å². The van der Waals surface area contributed by atoms with Crippen LogP contribution in [0.3, 0.4) is 0 Å². The van der Waals surface area contributed by atoms with Crippen molar-refractivity contribution in [2.75, 3.05) is 6.54 Å². The van der Waals surface area contributed by atoms with Crippen molar-refractivity contribution in [2.45, 2.75) is 38.5 Å². The van der Waals surface area contributed by atoms with E-state index < -0.39 is 0 Å². The smallest absolute Gasteiger partial charge is 0.0669 e. The Morgan fingerprint density at radius 1 is 1.08 bits per heavy atom. The highest BCUT2D eigenvalue weighted by atomic mass is 14.5. The van der Waals surface area contributed by atoms with Crippen LogP contribution >= 0.6 is 0 Å². The number of hydrogen-bond acceptors (Lipinski definition) is 3. The third-order valence-electron chi connectivity index (χ3n) is 2.06. The molecular weight excluding hydrogens is 162 g/mol. The molecule has 0 radical (unpaired) electrons. The van der Waals surface area contributed by atoms with E-state index >= 15 is 0 Å². The number of nitrogens with zero attached hydrogens (tertiary/aromatic N) is 2. The molecule has 0 bridgehead atoms. The van der Waals surface area contributed by atoms with Crippen molar-refractivity contribution < 1.29 is 0 Å². The van der Waals surface area contributed by atoms with Gasteiger partial charge in [-0.15, -0.1) is 0 Å². The van der Waals surface area contributed by atoms with E-state index in [-0.39, 0.29) is 5.92 Å². The molecule has 0 aliphatic rings. The molecule has 1 atom stereocenters. The van der Waals surface area contributed by atoms with Crippen molar-refractivity contribution in [3.63, 3.8) is 0 Å². The molecule has 0 saturated carbocycles. The zero-order valence-electron chi connectivity index (χ0n) is 8.00. The van der Waals surface area contributed by atoms with Crippen LogP contribution in [0.4, 0.5) is 0 Å². The van der Waals surface area contributed by atoms with Crippen LogP contribution in [0.2, 0.25) is 0 Å². The maximum absolute atomic E-state index is 8.59. The van der Waals surface area contributed by atoms with E-state index in [9.17, 15) is 0 Å². The maximum Gasteiger partial charge on any atom is 0.0669 e. The molecule has 1 unspecified atom stereocenters. The van der Waals surface area contributed by atoms with Gasteiger partial charge in [-0.05, 0) is 12.8 Å². The lowest BCUT2D eigenvalue weighted by Crippen LogP contribution is -2.11. The molecule has 3 nitrogen and oxygen atoms in total. The van der Waals surface area contributed by atoms with E-state index in [4.69, 9.17) is 16.3 Å². The Balaban J connectivity index is 3.17. The quantitative estimate of drug-likeness (QED) is 0.607. The van der Waals surface area contributed by atoms with Gasteiger partial charge < -0.3 is 5.73 Å². The van der Waals surface area contributed by atoms with Gasteiger partial charge in [0.15, 0.2) is 0 Å². The molecule has 0 fully saturated rings. The van der Waals surface area contributed by atoms with E-state index in [0.717, 1.165) is 32.1 Å². The lowest BCUT2D eigenvalue weighted by atomic mass is 10.0. The molecule has 0 saturated heterocycles. The highest BCUT2D eigenvalue weighted by molar-refractivity contribution is 4.82. The van der Waals surface area contributed by atoms with Crippen LogP contribution in [-0.4, -0.2) is 6.54 Å². The zero-order chi connectivity index (χ0) is 9.94. The molecule has 0 aromatic rings. The Morgan fingerprint density at radius 2 is 1.77 bits per heavy atom. The fourth-order valence-electron chi connectivity index (χ4n) is 1.18. The van der Waals surface area contributed by atoms with Crippen molar-refractivity contribution in [1.82, 2.24) is 0 Å². The van der Waals surface area contributed by atoms with Crippen LogP contribution < -0.4 is 5.73 Å². The van der Waals surface area contributed by atoms with Gasteiger partial charge in [0.2, 0.25) is 0 Å². The van der Waals surface area contributed by atoms with Gasteiger partial charge in [-0.1, -0.05) is 19.3 Å². The first-order valence-electron chi connectivity index (χ1n) is 4.81. The Morgan fingerprint density at radius 3 is 2.31 bits per heavy atom. The fraction of sp³-hybridized carbons (Fsp3) is 0.800. The predicted octanol–water partition coefficient (Wildman–Crippen LogP) is 1.95. The van der Waals surface area contributed by atoms with Gasteiger partial charge in [0.25, 0.3) is 0 Å². The Bertz CT molecular complexity index is 187. The molecular formula is C10H17N3. The summed E-state index contributed by atoms with van der Waals surface area (Å²) in [7, 11) is 0. The Hall–Kier alpha value is -1.06. The third-order valence-corrected chi connectivity index (χ3v) is 2.06. The first kappa shape index (κ1) is 11.9. The number of unbranched alkanes of at least 4 members (excludes halogenated alkanes) is 4. The molecule has 13 heavy (non-hydrogen) atoms. The summed E-state index contributed by atoms with van der Waals surface area (Å²) in [6, 6.07) is 4.29. The van der Waals surface area contributed by atoms with Crippen molar-refractivity contribution in [3.05, 3.63) is 0 Å².